The molecule has 1 saturated heterocycles. The molecular weight excluding hydrogens is 457 g/mol. The van der Waals surface area contributed by atoms with E-state index in [0.717, 1.165) is 23.1 Å². The quantitative estimate of drug-likeness (QED) is 0.421. The molecule has 1 N–H and O–H groups in total. The third-order valence-corrected chi connectivity index (χ3v) is 6.25. The summed E-state index contributed by atoms with van der Waals surface area (Å²) in [5.41, 5.74) is 3.75. The highest BCUT2D eigenvalue weighted by Gasteiger charge is 2.41. The fraction of sp³-hybridized carbons (Fsp3) is 0.192. The van der Waals surface area contributed by atoms with Gasteiger partial charge >= 0.3 is 5.97 Å². The zero-order valence-corrected chi connectivity index (χ0v) is 18.7. The van der Waals surface area contributed by atoms with Gasteiger partial charge in [0.1, 0.15) is 5.82 Å². The molecule has 31 heavy (non-hydrogen) atoms. The van der Waals surface area contributed by atoms with E-state index in [2.05, 4.69) is 52.0 Å². The Labute approximate surface area is 190 Å². The number of nitrogens with zero attached hydrogens (tertiary/aromatic N) is 1. The van der Waals surface area contributed by atoms with Gasteiger partial charge in [-0.3, -0.25) is 4.90 Å². The van der Waals surface area contributed by atoms with Crippen LogP contribution in [-0.4, -0.2) is 28.6 Å². The van der Waals surface area contributed by atoms with Crippen molar-refractivity contribution in [3.8, 4) is 0 Å². The molecule has 1 unspecified atom stereocenters. The van der Waals surface area contributed by atoms with Crippen molar-refractivity contribution in [2.75, 3.05) is 6.54 Å². The van der Waals surface area contributed by atoms with Gasteiger partial charge in [0, 0.05) is 17.1 Å². The predicted octanol–water partition coefficient (Wildman–Crippen LogP) is 6.31. The summed E-state index contributed by atoms with van der Waals surface area (Å²) in [4.78, 5) is 14.6. The summed E-state index contributed by atoms with van der Waals surface area (Å²) in [6.45, 7) is 2.58. The second kappa shape index (κ2) is 9.16. The summed E-state index contributed by atoms with van der Waals surface area (Å²) in [6.07, 6.45) is 0.763. The van der Waals surface area contributed by atoms with Crippen LogP contribution in [0, 0.1) is 5.82 Å². The molecule has 1 aliphatic heterocycles. The van der Waals surface area contributed by atoms with Gasteiger partial charge in [-0.05, 0) is 46.9 Å². The fourth-order valence-corrected chi connectivity index (χ4v) is 4.95. The summed E-state index contributed by atoms with van der Waals surface area (Å²) in [6, 6.07) is 24.8. The van der Waals surface area contributed by atoms with Crippen molar-refractivity contribution < 1.29 is 14.3 Å². The minimum atomic E-state index is -1.03. The number of rotatable bonds is 6. The molecule has 1 atom stereocenters. The van der Waals surface area contributed by atoms with Crippen molar-refractivity contribution in [3.63, 3.8) is 0 Å². The average Bonchev–Trinajstić information content (AvgIpc) is 2.73. The van der Waals surface area contributed by atoms with E-state index in [0.29, 0.717) is 16.6 Å². The van der Waals surface area contributed by atoms with Crippen LogP contribution in [-0.2, 0) is 4.79 Å². The Balaban J connectivity index is 1.78. The second-order valence-corrected chi connectivity index (χ2v) is 8.60. The van der Waals surface area contributed by atoms with E-state index in [9.17, 15) is 14.3 Å². The summed E-state index contributed by atoms with van der Waals surface area (Å²) in [5, 5.41) is 10.0. The minimum Gasteiger partial charge on any atom is -0.478 e. The molecule has 0 aliphatic carbocycles. The number of hydrogen-bond acceptors (Lipinski definition) is 2. The van der Waals surface area contributed by atoms with Crippen LogP contribution in [0.25, 0.3) is 5.57 Å². The van der Waals surface area contributed by atoms with Crippen molar-refractivity contribution in [2.24, 2.45) is 0 Å². The molecule has 0 spiro atoms. The molecule has 1 heterocycles. The van der Waals surface area contributed by atoms with Crippen LogP contribution in [0.15, 0.2) is 88.9 Å². The van der Waals surface area contributed by atoms with Gasteiger partial charge in [-0.1, -0.05) is 83.5 Å². The molecule has 0 aromatic heterocycles. The van der Waals surface area contributed by atoms with E-state index >= 15 is 0 Å². The second-order valence-electron chi connectivity index (χ2n) is 7.68. The van der Waals surface area contributed by atoms with Crippen LogP contribution >= 0.6 is 15.9 Å². The van der Waals surface area contributed by atoms with Crippen LogP contribution in [0.5, 0.6) is 0 Å². The number of likely N-dealkylation sites (tertiary alicyclic amines) is 1. The fourth-order valence-electron chi connectivity index (χ4n) is 4.49. The van der Waals surface area contributed by atoms with E-state index in [1.165, 1.54) is 12.1 Å². The van der Waals surface area contributed by atoms with Crippen molar-refractivity contribution in [3.05, 3.63) is 111 Å². The topological polar surface area (TPSA) is 40.5 Å². The first-order valence-electron chi connectivity index (χ1n) is 10.3. The molecule has 0 radical (unpaired) electrons. The first kappa shape index (κ1) is 21.5. The van der Waals surface area contributed by atoms with Crippen LogP contribution in [0.2, 0.25) is 0 Å². The van der Waals surface area contributed by atoms with Crippen molar-refractivity contribution in [2.45, 2.75) is 25.4 Å². The largest absolute Gasteiger partial charge is 0.478 e. The van der Waals surface area contributed by atoms with E-state index in [1.807, 2.05) is 36.4 Å². The third kappa shape index (κ3) is 4.34. The zero-order chi connectivity index (χ0) is 22.0. The van der Waals surface area contributed by atoms with Crippen molar-refractivity contribution in [1.82, 2.24) is 4.90 Å². The highest BCUT2D eigenvalue weighted by molar-refractivity contribution is 9.10. The Hall–Kier alpha value is -2.76. The Morgan fingerprint density at radius 3 is 2.13 bits per heavy atom. The number of halogens is 2. The van der Waals surface area contributed by atoms with Crippen LogP contribution in [0.4, 0.5) is 4.39 Å². The third-order valence-electron chi connectivity index (χ3n) is 5.79. The van der Waals surface area contributed by atoms with Crippen LogP contribution < -0.4 is 0 Å². The molecule has 1 aliphatic rings. The molecule has 0 amide bonds. The Bertz CT molecular complexity index is 1060. The molecule has 3 nitrogen and oxygen atoms in total. The number of benzene rings is 3. The first-order chi connectivity index (χ1) is 15.0. The van der Waals surface area contributed by atoms with Gasteiger partial charge in [0.2, 0.25) is 0 Å². The highest BCUT2D eigenvalue weighted by atomic mass is 79.9. The van der Waals surface area contributed by atoms with Crippen LogP contribution in [0.1, 0.15) is 36.1 Å². The normalized spacial score (nSPS) is 18.0. The summed E-state index contributed by atoms with van der Waals surface area (Å²) >= 11 is 3.28. The van der Waals surface area contributed by atoms with E-state index in [-0.39, 0.29) is 17.7 Å². The van der Waals surface area contributed by atoms with E-state index < -0.39 is 11.8 Å². The van der Waals surface area contributed by atoms with Crippen LogP contribution in [0.3, 0.4) is 0 Å². The average molecular weight is 480 g/mol. The van der Waals surface area contributed by atoms with Gasteiger partial charge in [0.15, 0.2) is 0 Å². The minimum absolute atomic E-state index is 0.0189. The SMILES string of the molecule is CCC1C(=C(C(=O)O)c2cc(F)cc(Br)c2)CN1C(c1ccccc1)c1ccccc1. The highest BCUT2D eigenvalue weighted by Crippen LogP contribution is 2.42. The Morgan fingerprint density at radius 1 is 1.06 bits per heavy atom. The lowest BCUT2D eigenvalue weighted by molar-refractivity contribution is -0.130. The Kier molecular flexibility index (Phi) is 6.35. The number of aliphatic carboxylic acids is 1. The van der Waals surface area contributed by atoms with Gasteiger partial charge in [-0.25, -0.2) is 9.18 Å². The standard InChI is InChI=1S/C26H23BrFNO2/c1-2-23-22(24(26(30)31)19-13-20(27)15-21(28)14-19)16-29(23)25(17-9-5-3-6-10-17)18-11-7-4-8-12-18/h3-15,23,25H,2,16H2,1H3,(H,30,31). The number of carboxylic acids is 1. The van der Waals surface area contributed by atoms with Crippen molar-refractivity contribution in [1.29, 1.82) is 0 Å². The lowest BCUT2D eigenvalue weighted by Gasteiger charge is -2.49. The summed E-state index contributed by atoms with van der Waals surface area (Å²) < 4.78 is 14.5. The van der Waals surface area contributed by atoms with E-state index in [1.54, 1.807) is 6.07 Å². The lowest BCUT2D eigenvalue weighted by atomic mass is 9.82. The molecule has 1 fully saturated rings. The molecule has 5 heteroatoms. The smallest absolute Gasteiger partial charge is 0.336 e. The molecular formula is C26H23BrFNO2. The van der Waals surface area contributed by atoms with Crippen molar-refractivity contribution >= 4 is 27.5 Å². The Morgan fingerprint density at radius 2 is 1.65 bits per heavy atom. The molecule has 0 bridgehead atoms. The van der Waals surface area contributed by atoms with Gasteiger partial charge in [-0.2, -0.15) is 0 Å². The van der Waals surface area contributed by atoms with Gasteiger partial charge in [0.05, 0.1) is 11.6 Å². The maximum atomic E-state index is 14.0. The summed E-state index contributed by atoms with van der Waals surface area (Å²) in [5.74, 6) is -1.49. The maximum Gasteiger partial charge on any atom is 0.336 e. The number of hydrogen-bond donors (Lipinski definition) is 1. The molecule has 4 rings (SSSR count). The lowest BCUT2D eigenvalue weighted by Crippen LogP contribution is -2.52. The molecule has 0 saturated carbocycles. The van der Waals surface area contributed by atoms with E-state index in [4.69, 9.17) is 0 Å². The number of carboxylic acid groups (broad SMARTS) is 1. The zero-order valence-electron chi connectivity index (χ0n) is 17.1. The van der Waals surface area contributed by atoms with Gasteiger partial charge in [-0.15, -0.1) is 0 Å². The van der Waals surface area contributed by atoms with Gasteiger partial charge in [0.25, 0.3) is 0 Å². The summed E-state index contributed by atoms with van der Waals surface area (Å²) in [7, 11) is 0. The number of carbonyl (C=O) groups is 1. The monoisotopic (exact) mass is 479 g/mol. The van der Waals surface area contributed by atoms with Gasteiger partial charge < -0.3 is 5.11 Å². The first-order valence-corrected chi connectivity index (χ1v) is 11.1. The predicted molar refractivity (Wildman–Crippen MR) is 124 cm³/mol. The molecule has 3 aromatic rings. The molecule has 158 valence electrons. The maximum absolute atomic E-state index is 14.0. The molecule has 3 aromatic carbocycles.